The third-order valence-corrected chi connectivity index (χ3v) is 6.24. The van der Waals surface area contributed by atoms with Crippen LogP contribution in [-0.4, -0.2) is 50.0 Å². The lowest BCUT2D eigenvalue weighted by molar-refractivity contribution is -0.153. The quantitative estimate of drug-likeness (QED) is 0.339. The molecule has 3 rings (SSSR count). The summed E-state index contributed by atoms with van der Waals surface area (Å²) in [6.07, 6.45) is -3.88. The highest BCUT2D eigenvalue weighted by Crippen LogP contribution is 2.49. The lowest BCUT2D eigenvalue weighted by Crippen LogP contribution is -2.34. The summed E-state index contributed by atoms with van der Waals surface area (Å²) < 4.78 is 42.0. The molecule has 10 heteroatoms. The number of rotatable bonds is 11. The molecule has 1 aliphatic rings. The van der Waals surface area contributed by atoms with Crippen LogP contribution < -0.4 is 19.9 Å². The van der Waals surface area contributed by atoms with E-state index in [4.69, 9.17) is 4.74 Å². The fourth-order valence-electron chi connectivity index (χ4n) is 4.40. The molecule has 0 aliphatic heterocycles. The highest BCUT2D eigenvalue weighted by molar-refractivity contribution is 6.03. The molecule has 0 heterocycles. The summed E-state index contributed by atoms with van der Waals surface area (Å²) in [5.41, 5.74) is 2.76. The van der Waals surface area contributed by atoms with Crippen LogP contribution in [-0.2, 0) is 4.79 Å². The molecule has 0 radical (unpaired) electrons. The Morgan fingerprint density at radius 2 is 1.66 bits per heavy atom. The molecule has 2 aromatic carbocycles. The molecule has 0 unspecified atom stereocenters. The molecule has 0 spiro atoms. The Bertz CT molecular complexity index is 1110. The summed E-state index contributed by atoms with van der Waals surface area (Å²) in [5.74, 6) is -0.552. The normalized spacial score (nSPS) is 16.9. The topological polar surface area (TPSA) is 82.1 Å². The standard InChI is InChI=1S/C28H36F3N3O4/c1-17(2)14-34(15-18(3)4)25-11-6-19(22-13-23(22)26(35)36)12-24(25)32-27(37)33(5)20-7-9-21(10-8-20)38-16-28(29,30)31/h6-12,17-18,22-23H,13-16H2,1-5H3,(H,32,37)(H,35,36)/t22-,23-/m0/s1. The minimum Gasteiger partial charge on any atom is -0.484 e. The number of hydrogen-bond donors (Lipinski definition) is 2. The van der Waals surface area contributed by atoms with Crippen molar-refractivity contribution in [3.05, 3.63) is 48.0 Å². The van der Waals surface area contributed by atoms with Crippen LogP contribution in [0.4, 0.5) is 35.0 Å². The maximum Gasteiger partial charge on any atom is 0.422 e. The summed E-state index contributed by atoms with van der Waals surface area (Å²) in [5, 5.41) is 12.4. The van der Waals surface area contributed by atoms with Crippen molar-refractivity contribution in [2.75, 3.05) is 41.9 Å². The molecule has 1 saturated carbocycles. The maximum atomic E-state index is 13.3. The zero-order valence-electron chi connectivity index (χ0n) is 22.4. The van der Waals surface area contributed by atoms with E-state index in [-0.39, 0.29) is 11.7 Å². The number of alkyl halides is 3. The van der Waals surface area contributed by atoms with Crippen molar-refractivity contribution in [2.24, 2.45) is 17.8 Å². The minimum atomic E-state index is -4.44. The molecule has 1 fully saturated rings. The summed E-state index contributed by atoms with van der Waals surface area (Å²) in [6, 6.07) is 11.1. The van der Waals surface area contributed by atoms with Gasteiger partial charge in [-0.1, -0.05) is 33.8 Å². The van der Waals surface area contributed by atoms with Gasteiger partial charge in [0.1, 0.15) is 5.75 Å². The van der Waals surface area contributed by atoms with Gasteiger partial charge in [0, 0.05) is 25.8 Å². The zero-order valence-corrected chi connectivity index (χ0v) is 22.4. The van der Waals surface area contributed by atoms with E-state index in [0.717, 1.165) is 24.3 Å². The van der Waals surface area contributed by atoms with E-state index in [1.54, 1.807) is 7.05 Å². The number of carboxylic acids is 1. The molecular weight excluding hydrogens is 499 g/mol. The third-order valence-electron chi connectivity index (χ3n) is 6.24. The first kappa shape index (κ1) is 29.1. The Morgan fingerprint density at radius 1 is 1.05 bits per heavy atom. The summed E-state index contributed by atoms with van der Waals surface area (Å²) in [7, 11) is 1.56. The fourth-order valence-corrected chi connectivity index (χ4v) is 4.40. The first-order chi connectivity index (χ1) is 17.7. The van der Waals surface area contributed by atoms with Gasteiger partial charge >= 0.3 is 18.2 Å². The first-order valence-electron chi connectivity index (χ1n) is 12.7. The largest absolute Gasteiger partial charge is 0.484 e. The summed E-state index contributed by atoms with van der Waals surface area (Å²) in [6.45, 7) is 8.65. The molecular formula is C28H36F3N3O4. The molecule has 7 nitrogen and oxygen atoms in total. The van der Waals surface area contributed by atoms with Crippen LogP contribution in [0.2, 0.25) is 0 Å². The first-order valence-corrected chi connectivity index (χ1v) is 12.7. The van der Waals surface area contributed by atoms with Gasteiger partial charge in [-0.15, -0.1) is 0 Å². The Morgan fingerprint density at radius 3 is 2.16 bits per heavy atom. The number of anilines is 3. The number of benzene rings is 2. The third kappa shape index (κ3) is 8.03. The molecule has 208 valence electrons. The van der Waals surface area contributed by atoms with Gasteiger partial charge in [0.05, 0.1) is 17.3 Å². The van der Waals surface area contributed by atoms with Crippen LogP contribution in [0.25, 0.3) is 0 Å². The van der Waals surface area contributed by atoms with Crippen LogP contribution >= 0.6 is 0 Å². The maximum absolute atomic E-state index is 13.3. The second kappa shape index (κ2) is 12.0. The Kier molecular flexibility index (Phi) is 9.17. The monoisotopic (exact) mass is 535 g/mol. The van der Waals surface area contributed by atoms with E-state index < -0.39 is 30.7 Å². The van der Waals surface area contributed by atoms with Crippen LogP contribution in [0.1, 0.15) is 45.6 Å². The number of amides is 2. The van der Waals surface area contributed by atoms with Gasteiger partial charge in [0.2, 0.25) is 0 Å². The zero-order chi connectivity index (χ0) is 28.2. The van der Waals surface area contributed by atoms with Gasteiger partial charge in [-0.05, 0) is 66.1 Å². The number of hydrogen-bond acceptors (Lipinski definition) is 4. The van der Waals surface area contributed by atoms with E-state index in [1.165, 1.54) is 29.2 Å². The van der Waals surface area contributed by atoms with Gasteiger partial charge in [-0.3, -0.25) is 9.69 Å². The number of nitrogens with zero attached hydrogens (tertiary/aromatic N) is 2. The van der Waals surface area contributed by atoms with Gasteiger partial charge in [-0.25, -0.2) is 4.79 Å². The predicted molar refractivity (Wildman–Crippen MR) is 142 cm³/mol. The number of halogens is 3. The summed E-state index contributed by atoms with van der Waals surface area (Å²) >= 11 is 0. The van der Waals surface area contributed by atoms with Crippen LogP contribution in [0, 0.1) is 17.8 Å². The number of carboxylic acid groups (broad SMARTS) is 1. The second-order valence-electron chi connectivity index (χ2n) is 10.6. The van der Waals surface area contributed by atoms with Crippen LogP contribution in [0.5, 0.6) is 5.75 Å². The van der Waals surface area contributed by atoms with Crippen molar-refractivity contribution in [3.63, 3.8) is 0 Å². The molecule has 0 saturated heterocycles. The van der Waals surface area contributed by atoms with Crippen LogP contribution in [0.15, 0.2) is 42.5 Å². The van der Waals surface area contributed by atoms with Crippen molar-refractivity contribution in [3.8, 4) is 5.75 Å². The fraction of sp³-hybridized carbons (Fsp3) is 0.500. The Hall–Kier alpha value is -3.43. The number of aliphatic carboxylic acids is 1. The SMILES string of the molecule is CC(C)CN(CC(C)C)c1ccc([C@@H]2C[C@@H]2C(=O)O)cc1NC(=O)N(C)c1ccc(OCC(F)(F)F)cc1. The van der Waals surface area contributed by atoms with E-state index >= 15 is 0 Å². The molecule has 2 N–H and O–H groups in total. The predicted octanol–water partition coefficient (Wildman–Crippen LogP) is 6.60. The highest BCUT2D eigenvalue weighted by atomic mass is 19.4. The number of ether oxygens (including phenoxy) is 1. The molecule has 38 heavy (non-hydrogen) atoms. The number of carbonyl (C=O) groups is 2. The molecule has 0 aromatic heterocycles. The minimum absolute atomic E-state index is 0.0466. The molecule has 2 amide bonds. The van der Waals surface area contributed by atoms with Gasteiger partial charge in [-0.2, -0.15) is 13.2 Å². The van der Waals surface area contributed by atoms with Crippen LogP contribution in [0.3, 0.4) is 0 Å². The molecule has 1 aliphatic carbocycles. The second-order valence-corrected chi connectivity index (χ2v) is 10.6. The number of urea groups is 1. The van der Waals surface area contributed by atoms with E-state index in [1.807, 2.05) is 18.2 Å². The average Bonchev–Trinajstić information content (AvgIpc) is 3.62. The lowest BCUT2D eigenvalue weighted by atomic mass is 10.0. The average molecular weight is 536 g/mol. The van der Waals surface area contributed by atoms with Crippen molar-refractivity contribution in [1.82, 2.24) is 0 Å². The number of carbonyl (C=O) groups excluding carboxylic acids is 1. The smallest absolute Gasteiger partial charge is 0.422 e. The van der Waals surface area contributed by atoms with Gasteiger partial charge in [0.15, 0.2) is 6.61 Å². The van der Waals surface area contributed by atoms with Gasteiger partial charge < -0.3 is 20.1 Å². The Balaban J connectivity index is 1.84. The van der Waals surface area contributed by atoms with E-state index in [2.05, 4.69) is 37.9 Å². The highest BCUT2D eigenvalue weighted by Gasteiger charge is 2.44. The molecule has 2 aromatic rings. The van der Waals surface area contributed by atoms with Gasteiger partial charge in [0.25, 0.3) is 0 Å². The Labute approximate surface area is 221 Å². The summed E-state index contributed by atoms with van der Waals surface area (Å²) in [4.78, 5) is 28.3. The lowest BCUT2D eigenvalue weighted by Gasteiger charge is -2.31. The molecule has 2 atom stereocenters. The van der Waals surface area contributed by atoms with Crippen molar-refractivity contribution in [1.29, 1.82) is 0 Å². The van der Waals surface area contributed by atoms with Crippen molar-refractivity contribution in [2.45, 2.75) is 46.2 Å². The van der Waals surface area contributed by atoms with Crippen molar-refractivity contribution >= 4 is 29.1 Å². The van der Waals surface area contributed by atoms with E-state index in [9.17, 15) is 27.9 Å². The van der Waals surface area contributed by atoms with Crippen molar-refractivity contribution < 1.29 is 32.6 Å². The van der Waals surface area contributed by atoms with E-state index in [0.29, 0.717) is 29.6 Å². The molecule has 0 bridgehead atoms. The number of nitrogens with one attached hydrogen (secondary N) is 1.